The molecule has 0 aliphatic heterocycles. The maximum atomic E-state index is 12.3. The van der Waals surface area contributed by atoms with E-state index >= 15 is 0 Å². The number of rotatable bonds is 4. The number of hydrogen-bond donors (Lipinski definition) is 1. The highest BCUT2D eigenvalue weighted by atomic mass is 35.5. The summed E-state index contributed by atoms with van der Waals surface area (Å²) in [5.74, 6) is 0.666. The van der Waals surface area contributed by atoms with Gasteiger partial charge in [0.05, 0.1) is 5.56 Å². The quantitative estimate of drug-likeness (QED) is 0.438. The molecule has 2 aromatic carbocycles. The smallest absolute Gasteiger partial charge is 0.258 e. The van der Waals surface area contributed by atoms with Crippen LogP contribution in [0.3, 0.4) is 0 Å². The van der Waals surface area contributed by atoms with E-state index < -0.39 is 0 Å². The summed E-state index contributed by atoms with van der Waals surface area (Å²) in [5, 5.41) is 2.98. The van der Waals surface area contributed by atoms with Crippen LogP contribution in [0.4, 0.5) is 5.69 Å². The Morgan fingerprint density at radius 2 is 1.89 bits per heavy atom. The van der Waals surface area contributed by atoms with Gasteiger partial charge in [-0.15, -0.1) is 0 Å². The van der Waals surface area contributed by atoms with E-state index in [9.17, 15) is 4.79 Å². The molecule has 0 bridgehead atoms. The summed E-state index contributed by atoms with van der Waals surface area (Å²) >= 11 is 5.97. The van der Waals surface area contributed by atoms with Crippen molar-refractivity contribution in [1.82, 2.24) is 9.97 Å². The fourth-order valence-electron chi connectivity index (χ4n) is 2.88. The number of carbonyl (C=O) groups is 1. The minimum atomic E-state index is -0.311. The van der Waals surface area contributed by atoms with Crippen molar-refractivity contribution in [2.45, 2.75) is 19.8 Å². The van der Waals surface area contributed by atoms with Gasteiger partial charge in [-0.1, -0.05) is 31.5 Å². The fourth-order valence-corrected chi connectivity index (χ4v) is 3.08. The molecule has 2 aromatic heterocycles. The molecular formula is C22H18ClN3O2. The molecule has 4 aromatic rings. The number of anilines is 1. The molecule has 4 rings (SSSR count). The van der Waals surface area contributed by atoms with Crippen LogP contribution < -0.4 is 5.32 Å². The second-order valence-corrected chi connectivity index (χ2v) is 7.13. The Morgan fingerprint density at radius 3 is 2.61 bits per heavy atom. The summed E-state index contributed by atoms with van der Waals surface area (Å²) in [5.41, 5.74) is 4.62. The minimum Gasteiger partial charge on any atom is -0.436 e. The average molecular weight is 392 g/mol. The molecule has 0 unspecified atom stereocenters. The van der Waals surface area contributed by atoms with Crippen LogP contribution in [-0.4, -0.2) is 15.9 Å². The van der Waals surface area contributed by atoms with Crippen LogP contribution in [0.5, 0.6) is 0 Å². The van der Waals surface area contributed by atoms with Crippen molar-refractivity contribution in [3.8, 4) is 11.5 Å². The first-order chi connectivity index (χ1) is 13.5. The van der Waals surface area contributed by atoms with Gasteiger partial charge >= 0.3 is 0 Å². The van der Waals surface area contributed by atoms with Gasteiger partial charge in [-0.2, -0.15) is 0 Å². The third-order valence-corrected chi connectivity index (χ3v) is 4.77. The SMILES string of the molecule is CC(C)c1ccc2oc(-c3ccc(NC(=O)c4cccnc4Cl)cc3)nc2c1. The van der Waals surface area contributed by atoms with Gasteiger partial charge in [-0.25, -0.2) is 9.97 Å². The molecular weight excluding hydrogens is 374 g/mol. The Hall–Kier alpha value is -3.18. The number of pyridine rings is 1. The standard InChI is InChI=1S/C22H18ClN3O2/c1-13(2)15-7-10-19-18(12-15)26-22(28-19)14-5-8-16(9-6-14)25-21(27)17-4-3-11-24-20(17)23/h3-13H,1-2H3,(H,25,27). The molecule has 1 N–H and O–H groups in total. The Bertz CT molecular complexity index is 1150. The van der Waals surface area contributed by atoms with Crippen LogP contribution in [0.2, 0.25) is 5.15 Å². The number of amides is 1. The maximum absolute atomic E-state index is 12.3. The fraction of sp³-hybridized carbons (Fsp3) is 0.136. The van der Waals surface area contributed by atoms with E-state index in [1.165, 1.54) is 5.56 Å². The van der Waals surface area contributed by atoms with Crippen molar-refractivity contribution < 1.29 is 9.21 Å². The molecule has 0 spiro atoms. The third-order valence-electron chi connectivity index (χ3n) is 4.47. The van der Waals surface area contributed by atoms with Crippen LogP contribution in [0.1, 0.15) is 35.7 Å². The Morgan fingerprint density at radius 1 is 1.11 bits per heavy atom. The average Bonchev–Trinajstić information content (AvgIpc) is 3.12. The van der Waals surface area contributed by atoms with E-state index in [0.29, 0.717) is 23.1 Å². The number of halogens is 1. The number of hydrogen-bond acceptors (Lipinski definition) is 4. The molecule has 1 amide bonds. The Labute approximate surface area is 167 Å². The molecule has 2 heterocycles. The summed E-state index contributed by atoms with van der Waals surface area (Å²) in [7, 11) is 0. The van der Waals surface area contributed by atoms with Gasteiger partial charge in [-0.3, -0.25) is 4.79 Å². The highest BCUT2D eigenvalue weighted by Crippen LogP contribution is 2.28. The molecule has 140 valence electrons. The first kappa shape index (κ1) is 18.2. The van der Waals surface area contributed by atoms with Gasteiger partial charge in [0, 0.05) is 17.4 Å². The van der Waals surface area contributed by atoms with Gasteiger partial charge in [0.2, 0.25) is 5.89 Å². The largest absolute Gasteiger partial charge is 0.436 e. The zero-order valence-electron chi connectivity index (χ0n) is 15.4. The van der Waals surface area contributed by atoms with Gasteiger partial charge in [-0.05, 0) is 60.0 Å². The summed E-state index contributed by atoms with van der Waals surface area (Å²) in [6.07, 6.45) is 1.54. The predicted octanol–water partition coefficient (Wildman–Crippen LogP) is 5.92. The zero-order valence-corrected chi connectivity index (χ0v) is 16.2. The summed E-state index contributed by atoms with van der Waals surface area (Å²) in [6.45, 7) is 4.29. The van der Waals surface area contributed by atoms with Crippen molar-refractivity contribution in [2.24, 2.45) is 0 Å². The summed E-state index contributed by atoms with van der Waals surface area (Å²) < 4.78 is 5.87. The first-order valence-electron chi connectivity index (χ1n) is 8.94. The van der Waals surface area contributed by atoms with Crippen molar-refractivity contribution in [3.63, 3.8) is 0 Å². The van der Waals surface area contributed by atoms with E-state index in [1.807, 2.05) is 18.2 Å². The molecule has 0 saturated heterocycles. The molecule has 5 nitrogen and oxygen atoms in total. The van der Waals surface area contributed by atoms with Crippen molar-refractivity contribution in [1.29, 1.82) is 0 Å². The lowest BCUT2D eigenvalue weighted by Gasteiger charge is -2.06. The van der Waals surface area contributed by atoms with Gasteiger partial charge in [0.1, 0.15) is 10.7 Å². The molecule has 0 aliphatic carbocycles. The molecule has 0 saturated carbocycles. The van der Waals surface area contributed by atoms with E-state index in [4.69, 9.17) is 16.0 Å². The molecule has 0 radical (unpaired) electrons. The second kappa shape index (κ2) is 7.44. The van der Waals surface area contributed by atoms with E-state index in [-0.39, 0.29) is 11.1 Å². The normalized spacial score (nSPS) is 11.1. The van der Waals surface area contributed by atoms with Crippen LogP contribution >= 0.6 is 11.6 Å². The lowest BCUT2D eigenvalue weighted by molar-refractivity contribution is 0.102. The number of aromatic nitrogens is 2. The maximum Gasteiger partial charge on any atom is 0.258 e. The number of nitrogens with zero attached hydrogens (tertiary/aromatic N) is 2. The number of carbonyl (C=O) groups excluding carboxylic acids is 1. The molecule has 28 heavy (non-hydrogen) atoms. The van der Waals surface area contributed by atoms with E-state index in [1.54, 1.807) is 30.5 Å². The van der Waals surface area contributed by atoms with E-state index in [0.717, 1.165) is 16.7 Å². The molecule has 0 fully saturated rings. The molecule has 0 aliphatic rings. The zero-order chi connectivity index (χ0) is 19.7. The molecule has 6 heteroatoms. The van der Waals surface area contributed by atoms with Gasteiger partial charge < -0.3 is 9.73 Å². The molecule has 0 atom stereocenters. The highest BCUT2D eigenvalue weighted by molar-refractivity contribution is 6.33. The Kier molecular flexibility index (Phi) is 4.84. The van der Waals surface area contributed by atoms with Crippen molar-refractivity contribution in [3.05, 3.63) is 77.1 Å². The third kappa shape index (κ3) is 3.62. The van der Waals surface area contributed by atoms with Crippen LogP contribution in [0.25, 0.3) is 22.6 Å². The first-order valence-corrected chi connectivity index (χ1v) is 9.32. The second-order valence-electron chi connectivity index (χ2n) is 6.77. The lowest BCUT2D eigenvalue weighted by Crippen LogP contribution is -2.12. The van der Waals surface area contributed by atoms with Crippen molar-refractivity contribution in [2.75, 3.05) is 5.32 Å². The van der Waals surface area contributed by atoms with Crippen LogP contribution in [-0.2, 0) is 0 Å². The van der Waals surface area contributed by atoms with Crippen LogP contribution in [0, 0.1) is 0 Å². The number of oxazole rings is 1. The van der Waals surface area contributed by atoms with E-state index in [2.05, 4.69) is 41.3 Å². The van der Waals surface area contributed by atoms with Crippen LogP contribution in [0.15, 0.2) is 65.2 Å². The predicted molar refractivity (Wildman–Crippen MR) is 111 cm³/mol. The summed E-state index contributed by atoms with van der Waals surface area (Å²) in [6, 6.07) is 16.7. The van der Waals surface area contributed by atoms with Gasteiger partial charge in [0.15, 0.2) is 5.58 Å². The Balaban J connectivity index is 1.55. The van der Waals surface area contributed by atoms with Crippen molar-refractivity contribution >= 4 is 34.3 Å². The lowest BCUT2D eigenvalue weighted by atomic mass is 10.0. The number of nitrogens with one attached hydrogen (secondary N) is 1. The summed E-state index contributed by atoms with van der Waals surface area (Å²) in [4.78, 5) is 20.8. The number of fused-ring (bicyclic) bond motifs is 1. The van der Waals surface area contributed by atoms with Gasteiger partial charge in [0.25, 0.3) is 5.91 Å². The monoisotopic (exact) mass is 391 g/mol. The number of benzene rings is 2. The topological polar surface area (TPSA) is 68.0 Å². The minimum absolute atomic E-state index is 0.170. The highest BCUT2D eigenvalue weighted by Gasteiger charge is 2.13.